The molecule has 2 atom stereocenters. The van der Waals surface area contributed by atoms with E-state index >= 15 is 0 Å². The van der Waals surface area contributed by atoms with Crippen LogP contribution in [0.4, 0.5) is 5.82 Å². The van der Waals surface area contributed by atoms with E-state index in [9.17, 15) is 9.59 Å². The van der Waals surface area contributed by atoms with Gasteiger partial charge >= 0.3 is 0 Å². The number of carbonyl (C=O) groups is 1. The van der Waals surface area contributed by atoms with Crippen molar-refractivity contribution in [3.05, 3.63) is 74.7 Å². The number of aromatic amines is 2. The number of rotatable bonds is 6. The van der Waals surface area contributed by atoms with Crippen molar-refractivity contribution in [2.24, 2.45) is 0 Å². The number of hydrogen-bond donors (Lipinski definition) is 3. The van der Waals surface area contributed by atoms with Crippen LogP contribution in [-0.4, -0.2) is 44.4 Å². The number of nitrogens with one attached hydrogen (secondary N) is 3. The van der Waals surface area contributed by atoms with E-state index < -0.39 is 5.92 Å². The van der Waals surface area contributed by atoms with Crippen molar-refractivity contribution < 1.29 is 23.7 Å². The van der Waals surface area contributed by atoms with Gasteiger partial charge in [0.15, 0.2) is 28.8 Å². The summed E-state index contributed by atoms with van der Waals surface area (Å²) in [6, 6.07) is 11.2. The molecule has 9 heteroatoms. The monoisotopic (exact) mass is 477 g/mol. The lowest BCUT2D eigenvalue weighted by molar-refractivity contribution is -0.116. The van der Waals surface area contributed by atoms with Gasteiger partial charge in [-0.05, 0) is 47.7 Å². The van der Waals surface area contributed by atoms with E-state index in [2.05, 4.69) is 15.5 Å². The predicted molar refractivity (Wildman–Crippen MR) is 130 cm³/mol. The Labute approximate surface area is 202 Å². The van der Waals surface area contributed by atoms with Gasteiger partial charge in [-0.1, -0.05) is 12.1 Å². The summed E-state index contributed by atoms with van der Waals surface area (Å²) in [5, 5.41) is 8.90. The third kappa shape index (κ3) is 3.73. The fourth-order valence-electron chi connectivity index (χ4n) is 5.13. The molecule has 9 nitrogen and oxygen atoms in total. The van der Waals surface area contributed by atoms with E-state index in [1.807, 2.05) is 30.3 Å². The molecule has 182 valence electrons. The summed E-state index contributed by atoms with van der Waals surface area (Å²) < 4.78 is 21.7. The average molecular weight is 478 g/mol. The van der Waals surface area contributed by atoms with Crippen molar-refractivity contribution in [2.75, 3.05) is 33.8 Å². The van der Waals surface area contributed by atoms with Gasteiger partial charge in [0.05, 0.1) is 34.0 Å². The molecule has 2 aliphatic rings. The van der Waals surface area contributed by atoms with Gasteiger partial charge in [-0.2, -0.15) is 0 Å². The topological polar surface area (TPSA) is 115 Å². The first kappa shape index (κ1) is 22.6. The third-order valence-corrected chi connectivity index (χ3v) is 6.80. The van der Waals surface area contributed by atoms with E-state index in [-0.39, 0.29) is 17.3 Å². The molecule has 3 N–H and O–H groups in total. The normalized spacial score (nSPS) is 18.9. The zero-order chi connectivity index (χ0) is 24.7. The van der Waals surface area contributed by atoms with Gasteiger partial charge in [-0.25, -0.2) is 0 Å². The first-order chi connectivity index (χ1) is 17.0. The second-order valence-electron chi connectivity index (χ2n) is 8.58. The number of hydrogen-bond acceptors (Lipinski definition) is 7. The summed E-state index contributed by atoms with van der Waals surface area (Å²) in [6.07, 6.45) is 0.921. The molecule has 2 unspecified atom stereocenters. The molecule has 1 aliphatic carbocycles. The highest BCUT2D eigenvalue weighted by Gasteiger charge is 2.40. The zero-order valence-electron chi connectivity index (χ0n) is 20.0. The summed E-state index contributed by atoms with van der Waals surface area (Å²) in [6.45, 7) is 0. The maximum atomic E-state index is 13.7. The first-order valence-corrected chi connectivity index (χ1v) is 11.3. The Morgan fingerprint density at radius 2 is 1.34 bits per heavy atom. The molecule has 1 aliphatic heterocycles. The Bertz CT molecular complexity index is 1390. The van der Waals surface area contributed by atoms with Crippen LogP contribution in [0.2, 0.25) is 0 Å². The second-order valence-corrected chi connectivity index (χ2v) is 8.58. The Morgan fingerprint density at radius 1 is 0.743 bits per heavy atom. The predicted octanol–water partition coefficient (Wildman–Crippen LogP) is 3.70. The molecule has 0 saturated heterocycles. The third-order valence-electron chi connectivity index (χ3n) is 6.80. The van der Waals surface area contributed by atoms with Crippen LogP contribution in [0.15, 0.2) is 52.5 Å². The molecular weight excluding hydrogens is 450 g/mol. The van der Waals surface area contributed by atoms with Crippen LogP contribution in [-0.2, 0) is 4.79 Å². The SMILES string of the molecule is COc1ccc(C2CC(=O)C3=C(C2)Nc2[nH][nH]c(=O)c2C3c2ccc(OC)c(OC)c2)cc1OC. The number of fused-ring (bicyclic) bond motifs is 1. The smallest absolute Gasteiger partial charge is 0.270 e. The molecule has 3 aromatic rings. The first-order valence-electron chi connectivity index (χ1n) is 11.3. The number of carbonyl (C=O) groups excluding carboxylic acids is 1. The van der Waals surface area contributed by atoms with Crippen LogP contribution < -0.4 is 29.8 Å². The number of methoxy groups -OCH3 is 4. The van der Waals surface area contributed by atoms with Crippen molar-refractivity contribution >= 4 is 11.6 Å². The van der Waals surface area contributed by atoms with E-state index in [1.54, 1.807) is 34.5 Å². The van der Waals surface area contributed by atoms with E-state index in [4.69, 9.17) is 18.9 Å². The van der Waals surface area contributed by atoms with E-state index in [1.165, 1.54) is 0 Å². The molecule has 0 bridgehead atoms. The summed E-state index contributed by atoms with van der Waals surface area (Å²) >= 11 is 0. The van der Waals surface area contributed by atoms with Gasteiger partial charge in [-0.3, -0.25) is 19.8 Å². The summed E-state index contributed by atoms with van der Waals surface area (Å²) in [5.41, 5.74) is 3.37. The lowest BCUT2D eigenvalue weighted by Gasteiger charge is -2.34. The Morgan fingerprint density at radius 3 is 1.97 bits per heavy atom. The molecule has 0 spiro atoms. The molecule has 1 aromatic heterocycles. The van der Waals surface area contributed by atoms with E-state index in [0.717, 1.165) is 16.8 Å². The van der Waals surface area contributed by atoms with Crippen molar-refractivity contribution in [3.63, 3.8) is 0 Å². The largest absolute Gasteiger partial charge is 0.493 e. The average Bonchev–Trinajstić information content (AvgIpc) is 3.26. The van der Waals surface area contributed by atoms with Crippen LogP contribution in [0, 0.1) is 0 Å². The Kier molecular flexibility index (Phi) is 5.76. The van der Waals surface area contributed by atoms with Gasteiger partial charge in [0.1, 0.15) is 5.82 Å². The standard InChI is InChI=1S/C26H27N3O6/c1-32-18-7-5-13(11-20(18)34-3)15-9-16-23(17(30)10-15)22(24-25(27-16)28-29-26(24)31)14-6-8-19(33-2)21(12-14)35-4/h5-8,11-12,15,22H,9-10H2,1-4H3,(H3,27,28,29,31). The van der Waals surface area contributed by atoms with E-state index in [0.29, 0.717) is 52.8 Å². The minimum absolute atomic E-state index is 0.00966. The number of benzene rings is 2. The maximum Gasteiger partial charge on any atom is 0.270 e. The van der Waals surface area contributed by atoms with Crippen molar-refractivity contribution in [1.82, 2.24) is 10.2 Å². The molecule has 5 rings (SSSR count). The number of aromatic nitrogens is 2. The van der Waals surface area contributed by atoms with Gasteiger partial charge in [0.2, 0.25) is 0 Å². The number of ketones is 1. The fourth-order valence-corrected chi connectivity index (χ4v) is 5.13. The van der Waals surface area contributed by atoms with Crippen LogP contribution in [0.3, 0.4) is 0 Å². The van der Waals surface area contributed by atoms with Gasteiger partial charge in [-0.15, -0.1) is 0 Å². The summed E-state index contributed by atoms with van der Waals surface area (Å²) in [7, 11) is 6.31. The number of anilines is 1. The van der Waals surface area contributed by atoms with Gasteiger partial charge in [0.25, 0.3) is 5.56 Å². The molecule has 0 radical (unpaired) electrons. The van der Waals surface area contributed by atoms with Crippen molar-refractivity contribution in [3.8, 4) is 23.0 Å². The van der Waals surface area contributed by atoms with Gasteiger partial charge < -0.3 is 24.3 Å². The number of allylic oxidation sites excluding steroid dienone is 2. The van der Waals surface area contributed by atoms with Crippen molar-refractivity contribution in [2.45, 2.75) is 24.7 Å². The minimum Gasteiger partial charge on any atom is -0.493 e. The molecule has 0 amide bonds. The highest BCUT2D eigenvalue weighted by atomic mass is 16.5. The minimum atomic E-state index is -0.532. The van der Waals surface area contributed by atoms with Crippen LogP contribution >= 0.6 is 0 Å². The van der Waals surface area contributed by atoms with Crippen LogP contribution in [0.5, 0.6) is 23.0 Å². The fraction of sp³-hybridized carbons (Fsp3) is 0.308. The molecule has 0 fully saturated rings. The highest BCUT2D eigenvalue weighted by Crippen LogP contribution is 2.48. The number of Topliss-reactive ketones (excluding diaryl/α,β-unsaturated/α-hetero) is 1. The molecule has 2 aromatic carbocycles. The maximum absolute atomic E-state index is 13.7. The Hall–Kier alpha value is -4.14. The van der Waals surface area contributed by atoms with Gasteiger partial charge in [0, 0.05) is 23.6 Å². The van der Waals surface area contributed by atoms with Crippen LogP contribution in [0.1, 0.15) is 41.4 Å². The molecule has 0 saturated carbocycles. The van der Waals surface area contributed by atoms with Crippen LogP contribution in [0.25, 0.3) is 0 Å². The highest BCUT2D eigenvalue weighted by molar-refractivity contribution is 6.01. The lowest BCUT2D eigenvalue weighted by atomic mass is 9.72. The zero-order valence-corrected chi connectivity index (χ0v) is 20.0. The second kappa shape index (κ2) is 8.90. The lowest BCUT2D eigenvalue weighted by Crippen LogP contribution is -2.31. The molecule has 2 heterocycles. The molecule has 35 heavy (non-hydrogen) atoms. The summed E-state index contributed by atoms with van der Waals surface area (Å²) in [5.74, 6) is 2.34. The van der Waals surface area contributed by atoms with Crippen molar-refractivity contribution in [1.29, 1.82) is 0 Å². The number of ether oxygens (including phenoxy) is 4. The number of H-pyrrole nitrogens is 2. The Balaban J connectivity index is 1.60. The quantitative estimate of drug-likeness (QED) is 0.496. The molecular formula is C26H27N3O6. The summed E-state index contributed by atoms with van der Waals surface area (Å²) in [4.78, 5) is 26.4.